The maximum absolute atomic E-state index is 11.3. The minimum Gasteiger partial charge on any atom is -0.397 e. The molecule has 1 rings (SSSR count). The van der Waals surface area contributed by atoms with Crippen molar-refractivity contribution in [2.75, 3.05) is 36.9 Å². The molecule has 0 aromatic heterocycles. The Morgan fingerprint density at radius 3 is 2.17 bits per heavy atom. The number of benzene rings is 1. The largest absolute Gasteiger partial charge is 0.397 e. The van der Waals surface area contributed by atoms with Crippen LogP contribution in [0.5, 0.6) is 0 Å². The topological polar surface area (TPSA) is 130 Å². The van der Waals surface area contributed by atoms with Crippen LogP contribution in [-0.2, 0) is 10.0 Å². The maximum Gasteiger partial charge on any atom is 0.238 e. The van der Waals surface area contributed by atoms with Gasteiger partial charge in [0.15, 0.2) is 0 Å². The number of rotatable bonds is 6. The molecule has 0 bridgehead atoms. The fraction of sp³-hybridized carbons (Fsp3) is 0.400. The fourth-order valence-corrected chi connectivity index (χ4v) is 2.10. The molecular weight excluding hydrogens is 258 g/mol. The van der Waals surface area contributed by atoms with Gasteiger partial charge in [0.05, 0.1) is 29.5 Å². The van der Waals surface area contributed by atoms with Gasteiger partial charge >= 0.3 is 0 Å². The van der Waals surface area contributed by atoms with Gasteiger partial charge in [-0.3, -0.25) is 0 Å². The highest BCUT2D eigenvalue weighted by Crippen LogP contribution is 2.25. The van der Waals surface area contributed by atoms with Crippen molar-refractivity contribution in [3.8, 4) is 0 Å². The highest BCUT2D eigenvalue weighted by atomic mass is 32.2. The molecule has 0 radical (unpaired) electrons. The number of nitrogens with zero attached hydrogens (tertiary/aromatic N) is 1. The van der Waals surface area contributed by atoms with Crippen LogP contribution in [0.1, 0.15) is 0 Å². The molecule has 0 aliphatic heterocycles. The summed E-state index contributed by atoms with van der Waals surface area (Å²) in [6, 6.07) is 4.07. The lowest BCUT2D eigenvalue weighted by Crippen LogP contribution is -2.30. The van der Waals surface area contributed by atoms with Crippen LogP contribution in [0, 0.1) is 0 Å². The first kappa shape index (κ1) is 14.7. The minimum absolute atomic E-state index is 0.0624. The highest BCUT2D eigenvalue weighted by Gasteiger charge is 2.14. The highest BCUT2D eigenvalue weighted by molar-refractivity contribution is 7.89. The number of primary sulfonamides is 1. The zero-order valence-electron chi connectivity index (χ0n) is 9.78. The Balaban J connectivity index is 3.20. The second kappa shape index (κ2) is 6.01. The Morgan fingerprint density at radius 2 is 1.72 bits per heavy atom. The zero-order chi connectivity index (χ0) is 13.8. The molecule has 18 heavy (non-hydrogen) atoms. The molecule has 0 aliphatic carbocycles. The van der Waals surface area contributed by atoms with E-state index >= 15 is 0 Å². The summed E-state index contributed by atoms with van der Waals surface area (Å²) in [7, 11) is -3.81. The molecule has 0 unspecified atom stereocenters. The van der Waals surface area contributed by atoms with Crippen LogP contribution in [0.4, 0.5) is 11.4 Å². The number of sulfonamides is 1. The van der Waals surface area contributed by atoms with Crippen LogP contribution in [0.3, 0.4) is 0 Å². The van der Waals surface area contributed by atoms with Gasteiger partial charge in [-0.2, -0.15) is 0 Å². The summed E-state index contributed by atoms with van der Waals surface area (Å²) in [5.74, 6) is 0. The molecular formula is C10H17N3O4S. The van der Waals surface area contributed by atoms with Crippen molar-refractivity contribution in [1.82, 2.24) is 0 Å². The average Bonchev–Trinajstić information content (AvgIpc) is 2.28. The minimum atomic E-state index is -3.81. The van der Waals surface area contributed by atoms with Gasteiger partial charge in [0.25, 0.3) is 0 Å². The van der Waals surface area contributed by atoms with E-state index in [2.05, 4.69) is 0 Å². The number of anilines is 2. The van der Waals surface area contributed by atoms with Crippen molar-refractivity contribution in [1.29, 1.82) is 0 Å². The summed E-state index contributed by atoms with van der Waals surface area (Å²) >= 11 is 0. The predicted molar refractivity (Wildman–Crippen MR) is 68.6 cm³/mol. The summed E-state index contributed by atoms with van der Waals surface area (Å²) in [4.78, 5) is 1.52. The number of aliphatic hydroxyl groups excluding tert-OH is 2. The number of hydrogen-bond acceptors (Lipinski definition) is 6. The normalized spacial score (nSPS) is 11.5. The Kier molecular flexibility index (Phi) is 4.91. The van der Waals surface area contributed by atoms with Crippen LogP contribution >= 0.6 is 0 Å². The van der Waals surface area contributed by atoms with Crippen LogP contribution in [0.25, 0.3) is 0 Å². The van der Waals surface area contributed by atoms with Gasteiger partial charge in [-0.05, 0) is 18.2 Å². The number of hydrogen-bond donors (Lipinski definition) is 4. The first-order valence-corrected chi connectivity index (χ1v) is 6.83. The summed E-state index contributed by atoms with van der Waals surface area (Å²) < 4.78 is 22.5. The Bertz CT molecular complexity index is 498. The fourth-order valence-electron chi connectivity index (χ4n) is 1.57. The molecule has 0 spiro atoms. The summed E-state index contributed by atoms with van der Waals surface area (Å²) in [5, 5.41) is 22.9. The van der Waals surface area contributed by atoms with Gasteiger partial charge in [0.1, 0.15) is 0 Å². The summed E-state index contributed by atoms with van der Waals surface area (Å²) in [6.45, 7) is 0.190. The van der Waals surface area contributed by atoms with Crippen molar-refractivity contribution in [3.05, 3.63) is 18.2 Å². The smallest absolute Gasteiger partial charge is 0.238 e. The number of nitrogens with two attached hydrogens (primary N) is 2. The van der Waals surface area contributed by atoms with Gasteiger partial charge in [-0.25, -0.2) is 13.6 Å². The third-order valence-corrected chi connectivity index (χ3v) is 3.32. The number of nitrogen functional groups attached to an aromatic ring is 1. The summed E-state index contributed by atoms with van der Waals surface area (Å²) in [5.41, 5.74) is 6.53. The first-order chi connectivity index (χ1) is 8.40. The van der Waals surface area contributed by atoms with E-state index in [1.165, 1.54) is 18.2 Å². The molecule has 8 heteroatoms. The van der Waals surface area contributed by atoms with Crippen molar-refractivity contribution >= 4 is 21.4 Å². The van der Waals surface area contributed by atoms with E-state index < -0.39 is 10.0 Å². The predicted octanol–water partition coefficient (Wildman–Crippen LogP) is -1.29. The third-order valence-electron chi connectivity index (χ3n) is 2.41. The van der Waals surface area contributed by atoms with E-state index in [1.54, 1.807) is 4.90 Å². The van der Waals surface area contributed by atoms with E-state index in [0.717, 1.165) is 0 Å². The van der Waals surface area contributed by atoms with Crippen LogP contribution in [-0.4, -0.2) is 44.9 Å². The molecule has 0 saturated heterocycles. The standard InChI is InChI=1S/C10H17N3O4S/c11-9-2-1-8(18(12,16)17)7-10(9)13(3-5-14)4-6-15/h1-2,7,14-15H,3-6,11H2,(H2,12,16,17). The van der Waals surface area contributed by atoms with Crippen molar-refractivity contribution < 1.29 is 18.6 Å². The van der Waals surface area contributed by atoms with Gasteiger partial charge < -0.3 is 20.8 Å². The molecule has 0 atom stereocenters. The molecule has 0 fully saturated rings. The van der Waals surface area contributed by atoms with Gasteiger partial charge in [-0.15, -0.1) is 0 Å². The molecule has 102 valence electrons. The Labute approximate surface area is 106 Å². The lowest BCUT2D eigenvalue weighted by Gasteiger charge is -2.24. The van der Waals surface area contributed by atoms with Gasteiger partial charge in [0, 0.05) is 13.1 Å². The van der Waals surface area contributed by atoms with Crippen LogP contribution in [0.15, 0.2) is 23.1 Å². The quantitative estimate of drug-likeness (QED) is 0.478. The number of aliphatic hydroxyl groups is 2. The van der Waals surface area contributed by atoms with Gasteiger partial charge in [0.2, 0.25) is 10.0 Å². The second-order valence-electron chi connectivity index (χ2n) is 3.70. The van der Waals surface area contributed by atoms with E-state index in [0.29, 0.717) is 11.4 Å². The molecule has 0 amide bonds. The molecule has 7 nitrogen and oxygen atoms in total. The monoisotopic (exact) mass is 275 g/mol. The Hall–Kier alpha value is -1.35. The SMILES string of the molecule is Nc1ccc(S(N)(=O)=O)cc1N(CCO)CCO. The lowest BCUT2D eigenvalue weighted by atomic mass is 10.2. The van der Waals surface area contributed by atoms with E-state index in [9.17, 15) is 8.42 Å². The average molecular weight is 275 g/mol. The first-order valence-electron chi connectivity index (χ1n) is 5.29. The van der Waals surface area contributed by atoms with E-state index in [1.807, 2.05) is 0 Å². The second-order valence-corrected chi connectivity index (χ2v) is 5.26. The van der Waals surface area contributed by atoms with Crippen molar-refractivity contribution in [3.63, 3.8) is 0 Å². The van der Waals surface area contributed by atoms with Crippen molar-refractivity contribution in [2.24, 2.45) is 5.14 Å². The van der Waals surface area contributed by atoms with E-state index in [-0.39, 0.29) is 31.2 Å². The molecule has 0 aliphatic rings. The van der Waals surface area contributed by atoms with Gasteiger partial charge in [-0.1, -0.05) is 0 Å². The molecule has 1 aromatic carbocycles. The molecule has 6 N–H and O–H groups in total. The zero-order valence-corrected chi connectivity index (χ0v) is 10.6. The molecule has 0 heterocycles. The lowest BCUT2D eigenvalue weighted by molar-refractivity contribution is 0.281. The van der Waals surface area contributed by atoms with Crippen molar-refractivity contribution in [2.45, 2.75) is 4.90 Å². The van der Waals surface area contributed by atoms with Crippen LogP contribution in [0.2, 0.25) is 0 Å². The van der Waals surface area contributed by atoms with Crippen LogP contribution < -0.4 is 15.8 Å². The maximum atomic E-state index is 11.3. The Morgan fingerprint density at radius 1 is 1.17 bits per heavy atom. The van der Waals surface area contributed by atoms with E-state index in [4.69, 9.17) is 21.1 Å². The third kappa shape index (κ3) is 3.57. The summed E-state index contributed by atoms with van der Waals surface area (Å²) in [6.07, 6.45) is 0. The molecule has 1 aromatic rings. The molecule has 0 saturated carbocycles.